The van der Waals surface area contributed by atoms with Gasteiger partial charge >= 0.3 is 13.2 Å². The van der Waals surface area contributed by atoms with Crippen molar-refractivity contribution >= 4 is 30.3 Å². The molecule has 0 aromatic heterocycles. The summed E-state index contributed by atoms with van der Waals surface area (Å²) in [5.41, 5.74) is 1.82. The minimum atomic E-state index is -0.444. The van der Waals surface area contributed by atoms with Crippen LogP contribution in [0.4, 0.5) is 10.5 Å². The monoisotopic (exact) mass is 374 g/mol. The molecule has 2 amide bonds. The van der Waals surface area contributed by atoms with Crippen molar-refractivity contribution in [3.8, 4) is 0 Å². The van der Waals surface area contributed by atoms with Gasteiger partial charge in [-0.15, -0.1) is 0 Å². The first-order chi connectivity index (χ1) is 12.5. The molecule has 0 aliphatic carbocycles. The number of benzene rings is 1. The zero-order valence-corrected chi connectivity index (χ0v) is 16.8. The van der Waals surface area contributed by atoms with E-state index >= 15 is 0 Å². The third-order valence-corrected chi connectivity index (χ3v) is 5.49. The predicted octanol–water partition coefficient (Wildman–Crippen LogP) is 1.76. The number of carbonyl (C=O) groups excluding carboxylic acids is 2. The standard InChI is InChI=1S/C19H27BN2O5/c1-12-9-14(20-26-18(3,4)19(5,6)27-20)7-8-16(12)22-11-15(25-17(22)24)10-21-13(2)23/h7-9,15H,10-11H2,1-6H3,(H,21,23)/t15-/m0/s1. The second-order valence-electron chi connectivity index (χ2n) is 8.19. The van der Waals surface area contributed by atoms with E-state index in [1.807, 2.05) is 52.8 Å². The summed E-state index contributed by atoms with van der Waals surface area (Å²) in [5.74, 6) is -0.146. The SMILES string of the molecule is CC(=O)NC[C@H]1CN(c2ccc(B3OC(C)(C)C(C)(C)O3)cc2C)C(=O)O1. The van der Waals surface area contributed by atoms with Crippen LogP contribution >= 0.6 is 0 Å². The van der Waals surface area contributed by atoms with Gasteiger partial charge < -0.3 is 19.4 Å². The van der Waals surface area contributed by atoms with Crippen LogP contribution in [0.5, 0.6) is 0 Å². The highest BCUT2D eigenvalue weighted by atomic mass is 16.7. The van der Waals surface area contributed by atoms with Gasteiger partial charge in [0.25, 0.3) is 0 Å². The highest BCUT2D eigenvalue weighted by Gasteiger charge is 2.51. The minimum Gasteiger partial charge on any atom is -0.442 e. The Morgan fingerprint density at radius 3 is 2.44 bits per heavy atom. The van der Waals surface area contributed by atoms with Crippen LogP contribution in [0.25, 0.3) is 0 Å². The van der Waals surface area contributed by atoms with Crippen LogP contribution in [0, 0.1) is 6.92 Å². The van der Waals surface area contributed by atoms with E-state index in [0.29, 0.717) is 13.1 Å². The van der Waals surface area contributed by atoms with E-state index in [1.165, 1.54) is 6.92 Å². The van der Waals surface area contributed by atoms with Gasteiger partial charge in [0.15, 0.2) is 0 Å². The maximum atomic E-state index is 12.2. The molecule has 0 saturated carbocycles. The summed E-state index contributed by atoms with van der Waals surface area (Å²) < 4.78 is 17.5. The van der Waals surface area contributed by atoms with E-state index in [4.69, 9.17) is 14.0 Å². The molecule has 8 heteroatoms. The first-order valence-corrected chi connectivity index (χ1v) is 9.19. The maximum absolute atomic E-state index is 12.2. The van der Waals surface area contributed by atoms with E-state index in [-0.39, 0.29) is 12.0 Å². The summed E-state index contributed by atoms with van der Waals surface area (Å²) in [6, 6.07) is 5.78. The Hall–Kier alpha value is -2.06. The Bertz CT molecular complexity index is 748. The van der Waals surface area contributed by atoms with Gasteiger partial charge in [-0.2, -0.15) is 0 Å². The Balaban J connectivity index is 1.74. The van der Waals surface area contributed by atoms with Crippen LogP contribution in [-0.2, 0) is 18.8 Å². The third-order valence-electron chi connectivity index (χ3n) is 5.49. The first kappa shape index (κ1) is 19.7. The van der Waals surface area contributed by atoms with Crippen molar-refractivity contribution < 1.29 is 23.6 Å². The number of cyclic esters (lactones) is 1. The minimum absolute atomic E-state index is 0.146. The Kier molecular flexibility index (Phi) is 4.99. The number of hydrogen-bond acceptors (Lipinski definition) is 5. The van der Waals surface area contributed by atoms with E-state index in [1.54, 1.807) is 4.90 Å². The number of aryl methyl sites for hydroxylation is 1. The summed E-state index contributed by atoms with van der Waals surface area (Å²) in [6.07, 6.45) is -0.764. The van der Waals surface area contributed by atoms with Crippen molar-refractivity contribution in [2.24, 2.45) is 0 Å². The largest absolute Gasteiger partial charge is 0.494 e. The molecule has 0 radical (unpaired) electrons. The van der Waals surface area contributed by atoms with Crippen molar-refractivity contribution in [2.75, 3.05) is 18.0 Å². The van der Waals surface area contributed by atoms with Crippen molar-refractivity contribution in [3.05, 3.63) is 23.8 Å². The van der Waals surface area contributed by atoms with Gasteiger partial charge in [-0.25, -0.2) is 4.79 Å². The topological polar surface area (TPSA) is 77.1 Å². The van der Waals surface area contributed by atoms with E-state index in [0.717, 1.165) is 16.7 Å². The second-order valence-corrected chi connectivity index (χ2v) is 8.19. The summed E-state index contributed by atoms with van der Waals surface area (Å²) in [4.78, 5) is 24.9. The fraction of sp³-hybridized carbons (Fsp3) is 0.579. The molecule has 1 atom stereocenters. The number of amides is 2. The fourth-order valence-corrected chi connectivity index (χ4v) is 3.19. The van der Waals surface area contributed by atoms with Crippen LogP contribution in [0.3, 0.4) is 0 Å². The number of ether oxygens (including phenoxy) is 1. The van der Waals surface area contributed by atoms with Gasteiger partial charge in [0.05, 0.1) is 30.0 Å². The number of hydrogen-bond donors (Lipinski definition) is 1. The van der Waals surface area contributed by atoms with Gasteiger partial charge in [0.1, 0.15) is 6.10 Å². The molecular weight excluding hydrogens is 347 g/mol. The molecular formula is C19H27BN2O5. The average Bonchev–Trinajstić information content (AvgIpc) is 3.02. The molecule has 0 unspecified atom stereocenters. The van der Waals surface area contributed by atoms with Crippen LogP contribution in [0.2, 0.25) is 0 Å². The summed E-state index contributed by atoms with van der Waals surface area (Å²) in [6.45, 7) is 12.2. The number of nitrogens with one attached hydrogen (secondary N) is 1. The molecule has 2 aliphatic rings. The lowest BCUT2D eigenvalue weighted by Gasteiger charge is -2.32. The zero-order chi connectivity index (χ0) is 20.0. The molecule has 0 spiro atoms. The van der Waals surface area contributed by atoms with E-state index in [9.17, 15) is 9.59 Å². The van der Waals surface area contributed by atoms with Crippen molar-refractivity contribution in [2.45, 2.75) is 58.8 Å². The zero-order valence-electron chi connectivity index (χ0n) is 16.8. The van der Waals surface area contributed by atoms with Crippen molar-refractivity contribution in [3.63, 3.8) is 0 Å². The van der Waals surface area contributed by atoms with Gasteiger partial charge in [0, 0.05) is 6.92 Å². The third kappa shape index (κ3) is 3.82. The van der Waals surface area contributed by atoms with Crippen LogP contribution < -0.4 is 15.7 Å². The molecule has 3 rings (SSSR count). The van der Waals surface area contributed by atoms with Gasteiger partial charge in [-0.3, -0.25) is 9.69 Å². The molecule has 2 saturated heterocycles. The van der Waals surface area contributed by atoms with Gasteiger partial charge in [-0.1, -0.05) is 12.1 Å². The lowest BCUT2D eigenvalue weighted by atomic mass is 9.78. The molecule has 2 fully saturated rings. The quantitative estimate of drug-likeness (QED) is 0.813. The fourth-order valence-electron chi connectivity index (χ4n) is 3.19. The summed E-state index contributed by atoms with van der Waals surface area (Å²) >= 11 is 0. The van der Waals surface area contributed by atoms with E-state index in [2.05, 4.69) is 5.32 Å². The maximum Gasteiger partial charge on any atom is 0.494 e. The molecule has 2 aliphatic heterocycles. The Labute approximate surface area is 160 Å². The second kappa shape index (κ2) is 6.84. The number of anilines is 1. The summed E-state index contributed by atoms with van der Waals surface area (Å²) in [5, 5.41) is 2.68. The number of rotatable bonds is 4. The van der Waals surface area contributed by atoms with Gasteiger partial charge in [-0.05, 0) is 51.7 Å². The predicted molar refractivity (Wildman–Crippen MR) is 103 cm³/mol. The summed E-state index contributed by atoms with van der Waals surface area (Å²) in [7, 11) is -0.444. The molecule has 7 nitrogen and oxygen atoms in total. The van der Waals surface area contributed by atoms with E-state index < -0.39 is 24.4 Å². The molecule has 0 bridgehead atoms. The highest BCUT2D eigenvalue weighted by Crippen LogP contribution is 2.36. The number of carbonyl (C=O) groups is 2. The molecule has 146 valence electrons. The lowest BCUT2D eigenvalue weighted by Crippen LogP contribution is -2.41. The molecule has 27 heavy (non-hydrogen) atoms. The Morgan fingerprint density at radius 2 is 1.89 bits per heavy atom. The molecule has 2 heterocycles. The average molecular weight is 374 g/mol. The number of nitrogens with zero attached hydrogens (tertiary/aromatic N) is 1. The van der Waals surface area contributed by atoms with Crippen molar-refractivity contribution in [1.82, 2.24) is 5.32 Å². The Morgan fingerprint density at radius 1 is 1.26 bits per heavy atom. The lowest BCUT2D eigenvalue weighted by molar-refractivity contribution is -0.119. The first-order valence-electron chi connectivity index (χ1n) is 9.19. The van der Waals surface area contributed by atoms with Crippen molar-refractivity contribution in [1.29, 1.82) is 0 Å². The van der Waals surface area contributed by atoms with Crippen LogP contribution in [-0.4, -0.2) is 49.5 Å². The molecule has 1 aromatic rings. The highest BCUT2D eigenvalue weighted by molar-refractivity contribution is 6.62. The molecule has 1 aromatic carbocycles. The van der Waals surface area contributed by atoms with Crippen LogP contribution in [0.15, 0.2) is 18.2 Å². The molecule has 1 N–H and O–H groups in total. The smallest absolute Gasteiger partial charge is 0.442 e. The van der Waals surface area contributed by atoms with Crippen LogP contribution in [0.1, 0.15) is 40.2 Å². The van der Waals surface area contributed by atoms with Gasteiger partial charge in [0.2, 0.25) is 5.91 Å². The normalized spacial score (nSPS) is 23.5.